The third-order valence-electron chi connectivity index (χ3n) is 3.38. The van der Waals surface area contributed by atoms with E-state index in [0.717, 1.165) is 28.6 Å². The summed E-state index contributed by atoms with van der Waals surface area (Å²) in [6.45, 7) is 1.58. The molecule has 0 unspecified atom stereocenters. The molecule has 0 aliphatic carbocycles. The molecule has 128 valence electrons. The van der Waals surface area contributed by atoms with Crippen LogP contribution in [0.2, 0.25) is 0 Å². The number of amides is 1. The van der Waals surface area contributed by atoms with Crippen LogP contribution in [0.1, 0.15) is 15.9 Å². The highest BCUT2D eigenvalue weighted by Crippen LogP contribution is 2.20. The quantitative estimate of drug-likeness (QED) is 0.918. The van der Waals surface area contributed by atoms with E-state index in [1.165, 1.54) is 26.2 Å². The lowest BCUT2D eigenvalue weighted by Crippen LogP contribution is -2.24. The Kier molecular flexibility index (Phi) is 5.00. The molecule has 8 heteroatoms. The summed E-state index contributed by atoms with van der Waals surface area (Å²) < 4.78 is 52.3. The largest absolute Gasteiger partial charge is 0.322 e. The van der Waals surface area contributed by atoms with Gasteiger partial charge < -0.3 is 5.32 Å². The molecule has 0 fully saturated rings. The van der Waals surface area contributed by atoms with Gasteiger partial charge in [0.2, 0.25) is 10.0 Å². The van der Waals surface area contributed by atoms with Crippen LogP contribution >= 0.6 is 0 Å². The number of nitrogens with zero attached hydrogens (tertiary/aromatic N) is 1. The van der Waals surface area contributed by atoms with Gasteiger partial charge >= 0.3 is 0 Å². The second kappa shape index (κ2) is 6.66. The van der Waals surface area contributed by atoms with E-state index < -0.39 is 32.5 Å². The Balaban J connectivity index is 2.35. The van der Waals surface area contributed by atoms with Crippen molar-refractivity contribution in [3.8, 4) is 0 Å². The Morgan fingerprint density at radius 2 is 1.71 bits per heavy atom. The van der Waals surface area contributed by atoms with E-state index in [9.17, 15) is 22.0 Å². The second-order valence-electron chi connectivity index (χ2n) is 5.35. The molecule has 0 aliphatic heterocycles. The molecule has 24 heavy (non-hydrogen) atoms. The van der Waals surface area contributed by atoms with Gasteiger partial charge in [-0.1, -0.05) is 6.07 Å². The summed E-state index contributed by atoms with van der Waals surface area (Å²) in [4.78, 5) is 11.6. The normalized spacial score (nSPS) is 11.6. The SMILES string of the molecule is Cc1ccc(NC(=O)c2ccc(F)c(S(=O)(=O)N(C)C)c2)cc1F. The first kappa shape index (κ1) is 18.0. The summed E-state index contributed by atoms with van der Waals surface area (Å²) in [6, 6.07) is 7.17. The fourth-order valence-corrected chi connectivity index (χ4v) is 2.90. The number of rotatable bonds is 4. The van der Waals surface area contributed by atoms with Gasteiger partial charge in [-0.25, -0.2) is 21.5 Å². The van der Waals surface area contributed by atoms with Gasteiger partial charge in [-0.05, 0) is 42.8 Å². The standard InChI is InChI=1S/C16H16F2N2O3S/c1-10-4-6-12(9-14(10)18)19-16(21)11-5-7-13(17)15(8-11)24(22,23)20(2)3/h4-9H,1-3H3,(H,19,21). The van der Waals surface area contributed by atoms with Crippen LogP contribution in [-0.4, -0.2) is 32.7 Å². The minimum absolute atomic E-state index is 0.0576. The van der Waals surface area contributed by atoms with Crippen molar-refractivity contribution >= 4 is 21.6 Å². The zero-order chi connectivity index (χ0) is 18.1. The fraction of sp³-hybridized carbons (Fsp3) is 0.188. The number of anilines is 1. The van der Waals surface area contributed by atoms with Gasteiger partial charge in [0.05, 0.1) is 0 Å². The van der Waals surface area contributed by atoms with Gasteiger partial charge in [0.15, 0.2) is 0 Å². The molecule has 0 atom stereocenters. The predicted octanol–water partition coefficient (Wildman–Crippen LogP) is 2.78. The van der Waals surface area contributed by atoms with Crippen LogP contribution in [0.3, 0.4) is 0 Å². The topological polar surface area (TPSA) is 66.5 Å². The number of sulfonamides is 1. The Hall–Kier alpha value is -2.32. The number of hydrogen-bond acceptors (Lipinski definition) is 3. The zero-order valence-corrected chi connectivity index (χ0v) is 14.1. The molecular formula is C16H16F2N2O3S. The summed E-state index contributed by atoms with van der Waals surface area (Å²) in [6.07, 6.45) is 0. The number of carbonyl (C=O) groups excluding carboxylic acids is 1. The van der Waals surface area contributed by atoms with Crippen molar-refractivity contribution in [2.24, 2.45) is 0 Å². The first-order valence-corrected chi connectivity index (χ1v) is 8.36. The molecule has 5 nitrogen and oxygen atoms in total. The molecule has 0 radical (unpaired) electrons. The number of benzene rings is 2. The first-order valence-electron chi connectivity index (χ1n) is 6.92. The van der Waals surface area contributed by atoms with Crippen LogP contribution in [0.4, 0.5) is 14.5 Å². The van der Waals surface area contributed by atoms with Gasteiger partial charge in [-0.15, -0.1) is 0 Å². The van der Waals surface area contributed by atoms with Crippen molar-refractivity contribution in [3.63, 3.8) is 0 Å². The Morgan fingerprint density at radius 3 is 2.29 bits per heavy atom. The number of nitrogens with one attached hydrogen (secondary N) is 1. The molecule has 0 aliphatic rings. The summed E-state index contributed by atoms with van der Waals surface area (Å²) >= 11 is 0. The van der Waals surface area contributed by atoms with Gasteiger partial charge in [0.1, 0.15) is 16.5 Å². The molecule has 0 heterocycles. The zero-order valence-electron chi connectivity index (χ0n) is 13.3. The van der Waals surface area contributed by atoms with Crippen LogP contribution in [0.15, 0.2) is 41.3 Å². The average molecular weight is 354 g/mol. The van der Waals surface area contributed by atoms with Crippen LogP contribution in [0.25, 0.3) is 0 Å². The molecule has 0 saturated heterocycles. The Bertz CT molecular complexity index is 896. The molecule has 2 aromatic carbocycles. The predicted molar refractivity (Wildman–Crippen MR) is 86.4 cm³/mol. The highest BCUT2D eigenvalue weighted by molar-refractivity contribution is 7.89. The summed E-state index contributed by atoms with van der Waals surface area (Å²) in [5.41, 5.74) is 0.580. The number of aryl methyl sites for hydroxylation is 1. The van der Waals surface area contributed by atoms with E-state index in [1.807, 2.05) is 0 Å². The molecule has 0 saturated carbocycles. The van der Waals surface area contributed by atoms with E-state index in [-0.39, 0.29) is 11.3 Å². The Labute approximate surface area is 139 Å². The number of carbonyl (C=O) groups is 1. The van der Waals surface area contributed by atoms with Crippen molar-refractivity contribution in [3.05, 3.63) is 59.2 Å². The van der Waals surface area contributed by atoms with E-state index in [0.29, 0.717) is 5.56 Å². The maximum atomic E-state index is 13.8. The number of hydrogen-bond donors (Lipinski definition) is 1. The lowest BCUT2D eigenvalue weighted by atomic mass is 10.2. The summed E-state index contributed by atoms with van der Waals surface area (Å²) in [5.74, 6) is -2.11. The molecule has 1 amide bonds. The molecule has 2 rings (SSSR count). The van der Waals surface area contributed by atoms with Crippen molar-refractivity contribution in [2.45, 2.75) is 11.8 Å². The van der Waals surface area contributed by atoms with E-state index in [4.69, 9.17) is 0 Å². The van der Waals surface area contributed by atoms with Crippen molar-refractivity contribution in [2.75, 3.05) is 19.4 Å². The van der Waals surface area contributed by atoms with Gasteiger partial charge in [0, 0.05) is 25.3 Å². The van der Waals surface area contributed by atoms with Gasteiger partial charge in [-0.2, -0.15) is 0 Å². The highest BCUT2D eigenvalue weighted by atomic mass is 32.2. The van der Waals surface area contributed by atoms with Gasteiger partial charge in [0.25, 0.3) is 5.91 Å². The number of halogens is 2. The molecule has 1 N–H and O–H groups in total. The van der Waals surface area contributed by atoms with Crippen LogP contribution < -0.4 is 5.32 Å². The lowest BCUT2D eigenvalue weighted by molar-refractivity contribution is 0.102. The van der Waals surface area contributed by atoms with E-state index in [2.05, 4.69) is 5.32 Å². The molecule has 0 spiro atoms. The van der Waals surface area contributed by atoms with Crippen LogP contribution in [0.5, 0.6) is 0 Å². The third-order valence-corrected chi connectivity index (χ3v) is 5.21. The monoisotopic (exact) mass is 354 g/mol. The second-order valence-corrected chi connectivity index (χ2v) is 7.47. The van der Waals surface area contributed by atoms with Crippen molar-refractivity contribution in [1.82, 2.24) is 4.31 Å². The maximum Gasteiger partial charge on any atom is 0.255 e. The minimum atomic E-state index is -4.03. The molecular weight excluding hydrogens is 338 g/mol. The smallest absolute Gasteiger partial charge is 0.255 e. The highest BCUT2D eigenvalue weighted by Gasteiger charge is 2.23. The van der Waals surface area contributed by atoms with E-state index in [1.54, 1.807) is 6.92 Å². The third kappa shape index (κ3) is 3.60. The maximum absolute atomic E-state index is 13.8. The van der Waals surface area contributed by atoms with Crippen molar-refractivity contribution in [1.29, 1.82) is 0 Å². The summed E-state index contributed by atoms with van der Waals surface area (Å²) in [7, 11) is -1.51. The molecule has 0 bridgehead atoms. The first-order chi connectivity index (χ1) is 11.1. The fourth-order valence-electron chi connectivity index (χ4n) is 1.91. The lowest BCUT2D eigenvalue weighted by Gasteiger charge is -2.13. The summed E-state index contributed by atoms with van der Waals surface area (Å²) in [5, 5.41) is 2.44. The van der Waals surface area contributed by atoms with Gasteiger partial charge in [-0.3, -0.25) is 4.79 Å². The molecule has 2 aromatic rings. The van der Waals surface area contributed by atoms with E-state index >= 15 is 0 Å². The van der Waals surface area contributed by atoms with Crippen molar-refractivity contribution < 1.29 is 22.0 Å². The average Bonchev–Trinajstić information content (AvgIpc) is 2.51. The minimum Gasteiger partial charge on any atom is -0.322 e. The molecule has 0 aromatic heterocycles. The van der Waals surface area contributed by atoms with Crippen LogP contribution in [-0.2, 0) is 10.0 Å². The van der Waals surface area contributed by atoms with Crippen LogP contribution in [0, 0.1) is 18.6 Å². The Morgan fingerprint density at radius 1 is 1.04 bits per heavy atom.